The van der Waals surface area contributed by atoms with Crippen molar-refractivity contribution >= 4 is 5.91 Å². The topological polar surface area (TPSA) is 67.2 Å². The molecule has 1 saturated carbocycles. The van der Waals surface area contributed by atoms with Gasteiger partial charge in [-0.25, -0.2) is 0 Å². The minimum atomic E-state index is -4.50. The van der Waals surface area contributed by atoms with Gasteiger partial charge in [-0.2, -0.15) is 18.3 Å². The minimum absolute atomic E-state index is 0.234. The van der Waals surface area contributed by atoms with Crippen LogP contribution in [0, 0.1) is 5.92 Å². The minimum Gasteiger partial charge on any atom is -0.393 e. The van der Waals surface area contributed by atoms with Crippen LogP contribution >= 0.6 is 0 Å². The maximum atomic E-state index is 12.3. The van der Waals surface area contributed by atoms with Gasteiger partial charge in [-0.1, -0.05) is 0 Å². The van der Waals surface area contributed by atoms with Gasteiger partial charge in [0.05, 0.1) is 6.10 Å². The van der Waals surface area contributed by atoms with Gasteiger partial charge in [0, 0.05) is 12.7 Å². The van der Waals surface area contributed by atoms with E-state index in [0.29, 0.717) is 13.0 Å². The lowest BCUT2D eigenvalue weighted by Gasteiger charge is -2.10. The third-order valence-corrected chi connectivity index (χ3v) is 3.34. The van der Waals surface area contributed by atoms with Crippen LogP contribution in [0.4, 0.5) is 13.2 Å². The third kappa shape index (κ3) is 3.96. The Bertz CT molecular complexity index is 473. The zero-order valence-corrected chi connectivity index (χ0v) is 10.7. The van der Waals surface area contributed by atoms with Gasteiger partial charge in [0.25, 0.3) is 0 Å². The van der Waals surface area contributed by atoms with E-state index >= 15 is 0 Å². The molecule has 112 valence electrons. The van der Waals surface area contributed by atoms with E-state index < -0.39 is 11.9 Å². The monoisotopic (exact) mass is 291 g/mol. The van der Waals surface area contributed by atoms with Crippen LogP contribution in [-0.4, -0.2) is 33.4 Å². The quantitative estimate of drug-likeness (QED) is 0.875. The molecule has 0 aliphatic heterocycles. The molecule has 1 aromatic rings. The molecule has 2 atom stereocenters. The molecule has 2 unspecified atom stereocenters. The second-order valence-electron chi connectivity index (χ2n) is 5.03. The van der Waals surface area contributed by atoms with Crippen molar-refractivity contribution in [2.24, 2.45) is 5.92 Å². The van der Waals surface area contributed by atoms with Crippen molar-refractivity contribution in [3.05, 3.63) is 18.0 Å². The maximum Gasteiger partial charge on any atom is 0.435 e. The van der Waals surface area contributed by atoms with Crippen LogP contribution in [0.5, 0.6) is 0 Å². The number of carbonyl (C=O) groups excluding carboxylic acids is 1. The average molecular weight is 291 g/mol. The lowest BCUT2D eigenvalue weighted by atomic mass is 10.1. The zero-order chi connectivity index (χ0) is 14.8. The summed E-state index contributed by atoms with van der Waals surface area (Å²) >= 11 is 0. The van der Waals surface area contributed by atoms with Crippen molar-refractivity contribution in [1.82, 2.24) is 15.1 Å². The van der Waals surface area contributed by atoms with Crippen LogP contribution in [0.25, 0.3) is 0 Å². The van der Waals surface area contributed by atoms with E-state index in [4.69, 9.17) is 0 Å². The summed E-state index contributed by atoms with van der Waals surface area (Å²) < 4.78 is 37.9. The number of aromatic nitrogens is 2. The fraction of sp³-hybridized carbons (Fsp3) is 0.667. The van der Waals surface area contributed by atoms with Gasteiger partial charge in [0.15, 0.2) is 5.69 Å². The standard InChI is InChI=1S/C12H16F3N3O2/c13-12(14,15)10-3-4-18(17-10)7-11(20)16-6-8-1-2-9(19)5-8/h3-4,8-9,19H,1-2,5-7H2,(H,16,20). The highest BCUT2D eigenvalue weighted by atomic mass is 19.4. The number of alkyl halides is 3. The van der Waals surface area contributed by atoms with Gasteiger partial charge in [-0.05, 0) is 31.2 Å². The van der Waals surface area contributed by atoms with E-state index in [9.17, 15) is 23.1 Å². The van der Waals surface area contributed by atoms with Crippen LogP contribution < -0.4 is 5.32 Å². The molecule has 8 heteroatoms. The number of carbonyl (C=O) groups is 1. The Morgan fingerprint density at radius 2 is 2.25 bits per heavy atom. The molecule has 0 aromatic carbocycles. The van der Waals surface area contributed by atoms with Crippen molar-refractivity contribution < 1.29 is 23.1 Å². The molecule has 1 amide bonds. The molecule has 20 heavy (non-hydrogen) atoms. The highest BCUT2D eigenvalue weighted by Crippen LogP contribution is 2.27. The number of hydrogen-bond acceptors (Lipinski definition) is 3. The molecule has 1 aliphatic carbocycles. The lowest BCUT2D eigenvalue weighted by molar-refractivity contribution is -0.141. The Morgan fingerprint density at radius 1 is 1.50 bits per heavy atom. The van der Waals surface area contributed by atoms with E-state index in [-0.39, 0.29) is 24.5 Å². The van der Waals surface area contributed by atoms with Gasteiger partial charge >= 0.3 is 6.18 Å². The summed E-state index contributed by atoms with van der Waals surface area (Å²) in [5.74, 6) is -0.152. The number of halogens is 3. The summed E-state index contributed by atoms with van der Waals surface area (Å²) in [6.07, 6.45) is -1.45. The van der Waals surface area contributed by atoms with E-state index in [1.54, 1.807) is 0 Å². The van der Waals surface area contributed by atoms with E-state index in [2.05, 4.69) is 10.4 Å². The van der Waals surface area contributed by atoms with Crippen molar-refractivity contribution in [1.29, 1.82) is 0 Å². The third-order valence-electron chi connectivity index (χ3n) is 3.34. The van der Waals surface area contributed by atoms with E-state index in [1.807, 2.05) is 0 Å². The average Bonchev–Trinajstić information content (AvgIpc) is 2.95. The first-order valence-electron chi connectivity index (χ1n) is 6.40. The van der Waals surface area contributed by atoms with Crippen molar-refractivity contribution in [2.45, 2.75) is 38.1 Å². The largest absolute Gasteiger partial charge is 0.435 e. The Balaban J connectivity index is 1.78. The predicted octanol–water partition coefficient (Wildman–Crippen LogP) is 1.18. The fourth-order valence-electron chi connectivity index (χ4n) is 2.30. The summed E-state index contributed by atoms with van der Waals surface area (Å²) in [6.45, 7) is 0.189. The summed E-state index contributed by atoms with van der Waals surface area (Å²) in [5, 5.41) is 15.3. The summed E-state index contributed by atoms with van der Waals surface area (Å²) in [6, 6.07) is 0.834. The molecule has 5 nitrogen and oxygen atoms in total. The Kier molecular flexibility index (Phi) is 4.32. The van der Waals surface area contributed by atoms with Crippen LogP contribution in [0.2, 0.25) is 0 Å². The second kappa shape index (κ2) is 5.82. The molecule has 0 bridgehead atoms. The SMILES string of the molecule is O=C(Cn1ccc(C(F)(F)F)n1)NCC1CCC(O)C1. The fourth-order valence-corrected chi connectivity index (χ4v) is 2.30. The number of rotatable bonds is 4. The molecule has 2 N–H and O–H groups in total. The molecule has 0 saturated heterocycles. The number of amides is 1. The van der Waals surface area contributed by atoms with Gasteiger partial charge in [-0.15, -0.1) is 0 Å². The first-order valence-corrected chi connectivity index (χ1v) is 6.40. The molecule has 0 radical (unpaired) electrons. The molecule has 2 rings (SSSR count). The van der Waals surface area contributed by atoms with Crippen LogP contribution in [0.15, 0.2) is 12.3 Å². The molecule has 1 aromatic heterocycles. The van der Waals surface area contributed by atoms with E-state index in [1.165, 1.54) is 0 Å². The molecule has 1 heterocycles. The summed E-state index contributed by atoms with van der Waals surface area (Å²) in [5.41, 5.74) is -1.01. The first kappa shape index (κ1) is 14.8. The van der Waals surface area contributed by atoms with E-state index in [0.717, 1.165) is 29.8 Å². The molecule has 1 aliphatic rings. The zero-order valence-electron chi connectivity index (χ0n) is 10.7. The second-order valence-corrected chi connectivity index (χ2v) is 5.03. The number of nitrogens with one attached hydrogen (secondary N) is 1. The molecule has 0 spiro atoms. The van der Waals surface area contributed by atoms with Crippen LogP contribution in [0.3, 0.4) is 0 Å². The van der Waals surface area contributed by atoms with Gasteiger partial charge in [-0.3, -0.25) is 9.48 Å². The van der Waals surface area contributed by atoms with Crippen LogP contribution in [-0.2, 0) is 17.5 Å². The van der Waals surface area contributed by atoms with Gasteiger partial charge in [0.1, 0.15) is 6.54 Å². The number of nitrogens with zero attached hydrogens (tertiary/aromatic N) is 2. The predicted molar refractivity (Wildman–Crippen MR) is 63.6 cm³/mol. The number of aliphatic hydroxyl groups is 1. The van der Waals surface area contributed by atoms with Gasteiger partial charge in [0.2, 0.25) is 5.91 Å². The lowest BCUT2D eigenvalue weighted by Crippen LogP contribution is -2.31. The van der Waals surface area contributed by atoms with Crippen LogP contribution in [0.1, 0.15) is 25.0 Å². The highest BCUT2D eigenvalue weighted by Gasteiger charge is 2.33. The van der Waals surface area contributed by atoms with Crippen molar-refractivity contribution in [3.8, 4) is 0 Å². The Hall–Kier alpha value is -1.57. The smallest absolute Gasteiger partial charge is 0.393 e. The summed E-state index contributed by atoms with van der Waals surface area (Å²) in [7, 11) is 0. The molecule has 1 fully saturated rings. The van der Waals surface area contributed by atoms with Crippen molar-refractivity contribution in [2.75, 3.05) is 6.54 Å². The Labute approximate surface area is 113 Å². The summed E-state index contributed by atoms with van der Waals surface area (Å²) in [4.78, 5) is 11.6. The number of hydrogen-bond donors (Lipinski definition) is 2. The van der Waals surface area contributed by atoms with Crippen molar-refractivity contribution in [3.63, 3.8) is 0 Å². The normalized spacial score (nSPS) is 23.0. The first-order chi connectivity index (χ1) is 9.34. The molecular formula is C12H16F3N3O2. The Morgan fingerprint density at radius 3 is 2.80 bits per heavy atom. The molecular weight excluding hydrogens is 275 g/mol. The maximum absolute atomic E-state index is 12.3. The van der Waals surface area contributed by atoms with Gasteiger partial charge < -0.3 is 10.4 Å². The number of aliphatic hydroxyl groups excluding tert-OH is 1. The highest BCUT2D eigenvalue weighted by molar-refractivity contribution is 5.75.